The van der Waals surface area contributed by atoms with E-state index in [2.05, 4.69) is 19.1 Å². The summed E-state index contributed by atoms with van der Waals surface area (Å²) in [6.45, 7) is 5.39. The molecule has 0 saturated carbocycles. The molecule has 0 unspecified atom stereocenters. The van der Waals surface area contributed by atoms with E-state index in [0.717, 1.165) is 29.7 Å². The van der Waals surface area contributed by atoms with Crippen LogP contribution in [0.3, 0.4) is 0 Å². The standard InChI is InChI=1S/C25H28N2O3/c1-3-4-14-26-15-21(28)27-23-18-12-8-9-13-20(18)30-16-19(23)22(25(27,2)24(26)29)17-10-6-5-7-11-17/h5-13,19,22-23H,3-4,14-16H2,1-2H3/t19-,22+,23+,25-/m1/s1. The van der Waals surface area contributed by atoms with Crippen LogP contribution >= 0.6 is 0 Å². The summed E-state index contributed by atoms with van der Waals surface area (Å²) in [5.41, 5.74) is 1.20. The van der Waals surface area contributed by atoms with Crippen LogP contribution in [0.15, 0.2) is 54.6 Å². The summed E-state index contributed by atoms with van der Waals surface area (Å²) in [4.78, 5) is 31.1. The SMILES string of the molecule is CCCCN1CC(=O)N2[C@H]3c4ccccc4OC[C@@H]3[C@H](c3ccccc3)[C@]2(C)C1=O. The van der Waals surface area contributed by atoms with E-state index in [1.54, 1.807) is 4.90 Å². The number of para-hydroxylation sites is 1. The summed E-state index contributed by atoms with van der Waals surface area (Å²) in [7, 11) is 0. The molecule has 156 valence electrons. The fourth-order valence-electron chi connectivity index (χ4n) is 5.87. The minimum atomic E-state index is -0.916. The van der Waals surface area contributed by atoms with Crippen molar-refractivity contribution in [2.75, 3.05) is 19.7 Å². The zero-order chi connectivity index (χ0) is 20.9. The van der Waals surface area contributed by atoms with Crippen molar-refractivity contribution in [2.45, 2.75) is 44.2 Å². The van der Waals surface area contributed by atoms with Crippen molar-refractivity contribution in [2.24, 2.45) is 5.92 Å². The minimum Gasteiger partial charge on any atom is -0.493 e. The topological polar surface area (TPSA) is 49.9 Å². The van der Waals surface area contributed by atoms with Crippen LogP contribution in [-0.2, 0) is 9.59 Å². The van der Waals surface area contributed by atoms with Crippen LogP contribution in [0, 0.1) is 5.92 Å². The van der Waals surface area contributed by atoms with Crippen LogP contribution in [0.1, 0.15) is 49.8 Å². The van der Waals surface area contributed by atoms with E-state index >= 15 is 0 Å². The summed E-state index contributed by atoms with van der Waals surface area (Å²) in [6.07, 6.45) is 1.90. The van der Waals surface area contributed by atoms with Crippen molar-refractivity contribution >= 4 is 11.8 Å². The van der Waals surface area contributed by atoms with Crippen molar-refractivity contribution < 1.29 is 14.3 Å². The summed E-state index contributed by atoms with van der Waals surface area (Å²) >= 11 is 0. The van der Waals surface area contributed by atoms with Gasteiger partial charge in [0.1, 0.15) is 11.3 Å². The smallest absolute Gasteiger partial charge is 0.249 e. The molecular weight excluding hydrogens is 376 g/mol. The van der Waals surface area contributed by atoms with Gasteiger partial charge in [0.2, 0.25) is 11.8 Å². The van der Waals surface area contributed by atoms with E-state index in [0.29, 0.717) is 13.2 Å². The molecule has 0 spiro atoms. The molecule has 2 saturated heterocycles. The van der Waals surface area contributed by atoms with Gasteiger partial charge in [0.05, 0.1) is 19.2 Å². The Morgan fingerprint density at radius 3 is 2.57 bits per heavy atom. The number of hydrogen-bond acceptors (Lipinski definition) is 3. The van der Waals surface area contributed by atoms with Gasteiger partial charge in [-0.2, -0.15) is 0 Å². The number of hydrogen-bond donors (Lipinski definition) is 0. The maximum Gasteiger partial charge on any atom is 0.249 e. The third-order valence-corrected chi connectivity index (χ3v) is 7.14. The molecule has 30 heavy (non-hydrogen) atoms. The number of piperazine rings is 1. The van der Waals surface area contributed by atoms with Gasteiger partial charge < -0.3 is 14.5 Å². The van der Waals surface area contributed by atoms with E-state index in [9.17, 15) is 9.59 Å². The first-order valence-electron chi connectivity index (χ1n) is 11.0. The van der Waals surface area contributed by atoms with Gasteiger partial charge in [-0.05, 0) is 25.0 Å². The number of nitrogens with zero attached hydrogens (tertiary/aromatic N) is 2. The second kappa shape index (κ2) is 7.15. The number of carbonyl (C=O) groups is 2. The van der Waals surface area contributed by atoms with Crippen molar-refractivity contribution in [3.05, 3.63) is 65.7 Å². The van der Waals surface area contributed by atoms with Gasteiger partial charge >= 0.3 is 0 Å². The molecule has 2 amide bonds. The highest BCUT2D eigenvalue weighted by Crippen LogP contribution is 2.59. The van der Waals surface area contributed by atoms with Gasteiger partial charge in [-0.25, -0.2) is 0 Å². The summed E-state index contributed by atoms with van der Waals surface area (Å²) < 4.78 is 6.14. The van der Waals surface area contributed by atoms with Crippen LogP contribution in [-0.4, -0.2) is 46.8 Å². The lowest BCUT2D eigenvalue weighted by atomic mass is 9.73. The number of amides is 2. The molecule has 5 heteroatoms. The molecule has 0 aromatic heterocycles. The maximum atomic E-state index is 13.9. The molecule has 4 atom stereocenters. The Morgan fingerprint density at radius 2 is 1.80 bits per heavy atom. The van der Waals surface area contributed by atoms with Gasteiger partial charge in [0.15, 0.2) is 0 Å². The van der Waals surface area contributed by atoms with Gasteiger partial charge in [0, 0.05) is 23.9 Å². The maximum absolute atomic E-state index is 13.9. The van der Waals surface area contributed by atoms with Crippen LogP contribution in [0.2, 0.25) is 0 Å². The number of benzene rings is 2. The highest BCUT2D eigenvalue weighted by molar-refractivity contribution is 5.99. The molecule has 2 fully saturated rings. The second-order valence-electron chi connectivity index (χ2n) is 8.84. The quantitative estimate of drug-likeness (QED) is 0.780. The highest BCUT2D eigenvalue weighted by atomic mass is 16.5. The lowest BCUT2D eigenvalue weighted by Gasteiger charge is -2.47. The van der Waals surface area contributed by atoms with E-state index in [4.69, 9.17) is 4.74 Å². The minimum absolute atomic E-state index is 0.0336. The predicted octanol–water partition coefficient (Wildman–Crippen LogP) is 3.76. The third-order valence-electron chi connectivity index (χ3n) is 7.14. The van der Waals surface area contributed by atoms with Gasteiger partial charge in [-0.3, -0.25) is 9.59 Å². The Morgan fingerprint density at radius 1 is 1.07 bits per heavy atom. The molecule has 0 radical (unpaired) electrons. The first kappa shape index (κ1) is 19.2. The summed E-state index contributed by atoms with van der Waals surface area (Å²) in [5, 5.41) is 0. The largest absolute Gasteiger partial charge is 0.493 e. The normalized spacial score (nSPS) is 29.9. The fraction of sp³-hybridized carbons (Fsp3) is 0.440. The van der Waals surface area contributed by atoms with Crippen molar-refractivity contribution in [3.63, 3.8) is 0 Å². The molecule has 0 N–H and O–H groups in total. The van der Waals surface area contributed by atoms with Crippen LogP contribution in [0.4, 0.5) is 0 Å². The molecule has 2 aromatic carbocycles. The third kappa shape index (κ3) is 2.60. The molecule has 3 aliphatic heterocycles. The Bertz CT molecular complexity index is 975. The molecule has 5 rings (SSSR count). The summed E-state index contributed by atoms with van der Waals surface area (Å²) in [6, 6.07) is 18.0. The lowest BCUT2D eigenvalue weighted by Crippen LogP contribution is -2.66. The van der Waals surface area contributed by atoms with Gasteiger partial charge in [0.25, 0.3) is 0 Å². The number of fused-ring (bicyclic) bond motifs is 5. The molecule has 0 aliphatic carbocycles. The number of carbonyl (C=O) groups excluding carboxylic acids is 2. The van der Waals surface area contributed by atoms with E-state index in [1.165, 1.54) is 0 Å². The lowest BCUT2D eigenvalue weighted by molar-refractivity contribution is -0.163. The second-order valence-corrected chi connectivity index (χ2v) is 8.84. The first-order chi connectivity index (χ1) is 14.6. The Hall–Kier alpha value is -2.82. The Labute approximate surface area is 177 Å². The van der Waals surface area contributed by atoms with Crippen LogP contribution < -0.4 is 4.74 Å². The molecule has 5 nitrogen and oxygen atoms in total. The zero-order valence-corrected chi connectivity index (χ0v) is 17.6. The predicted molar refractivity (Wildman–Crippen MR) is 114 cm³/mol. The van der Waals surface area contributed by atoms with Crippen molar-refractivity contribution in [1.82, 2.24) is 9.80 Å². The monoisotopic (exact) mass is 404 g/mol. The van der Waals surface area contributed by atoms with Crippen LogP contribution in [0.25, 0.3) is 0 Å². The molecule has 2 aromatic rings. The molecule has 0 bridgehead atoms. The number of ether oxygens (including phenoxy) is 1. The average molecular weight is 405 g/mol. The van der Waals surface area contributed by atoms with E-state index in [-0.39, 0.29) is 36.2 Å². The highest BCUT2D eigenvalue weighted by Gasteiger charge is 2.66. The fourth-order valence-corrected chi connectivity index (χ4v) is 5.87. The molecular formula is C25H28N2O3. The average Bonchev–Trinajstić information content (AvgIpc) is 3.06. The number of rotatable bonds is 4. The van der Waals surface area contributed by atoms with Crippen molar-refractivity contribution in [1.29, 1.82) is 0 Å². The molecule has 3 aliphatic rings. The van der Waals surface area contributed by atoms with Crippen LogP contribution in [0.5, 0.6) is 5.75 Å². The van der Waals surface area contributed by atoms with Gasteiger partial charge in [-0.15, -0.1) is 0 Å². The first-order valence-corrected chi connectivity index (χ1v) is 11.0. The van der Waals surface area contributed by atoms with E-state index in [1.807, 2.05) is 54.3 Å². The number of unbranched alkanes of at least 4 members (excludes halogenated alkanes) is 1. The van der Waals surface area contributed by atoms with Gasteiger partial charge in [-0.1, -0.05) is 61.9 Å². The zero-order valence-electron chi connectivity index (χ0n) is 17.6. The van der Waals surface area contributed by atoms with E-state index < -0.39 is 5.54 Å². The Kier molecular flexibility index (Phi) is 4.57. The summed E-state index contributed by atoms with van der Waals surface area (Å²) in [5.74, 6) is 0.849. The molecule has 3 heterocycles. The Balaban J connectivity index is 1.67. The van der Waals surface area contributed by atoms with Crippen molar-refractivity contribution in [3.8, 4) is 5.75 Å².